The molecule has 0 radical (unpaired) electrons. The lowest BCUT2D eigenvalue weighted by Crippen LogP contribution is -2.40. The van der Waals surface area contributed by atoms with E-state index in [1.165, 1.54) is 22.7 Å². The predicted molar refractivity (Wildman–Crippen MR) is 105 cm³/mol. The fourth-order valence-corrected chi connectivity index (χ4v) is 4.11. The summed E-state index contributed by atoms with van der Waals surface area (Å²) in [6.07, 6.45) is 1.53. The maximum atomic E-state index is 12.7. The van der Waals surface area contributed by atoms with Crippen molar-refractivity contribution in [3.8, 4) is 0 Å². The summed E-state index contributed by atoms with van der Waals surface area (Å²) in [5.41, 5.74) is 4.29. The van der Waals surface area contributed by atoms with Gasteiger partial charge in [0.2, 0.25) is 10.0 Å². The first-order valence-electron chi connectivity index (χ1n) is 8.60. The first-order chi connectivity index (χ1) is 13.4. The van der Waals surface area contributed by atoms with E-state index in [-0.39, 0.29) is 29.4 Å². The van der Waals surface area contributed by atoms with Crippen LogP contribution in [0.5, 0.6) is 0 Å². The van der Waals surface area contributed by atoms with Crippen molar-refractivity contribution in [2.24, 2.45) is 5.10 Å². The van der Waals surface area contributed by atoms with Crippen molar-refractivity contribution in [1.29, 1.82) is 0 Å². The molecule has 0 bridgehead atoms. The monoisotopic (exact) mass is 404 g/mol. The number of hydrogen-bond donors (Lipinski definition) is 1. The van der Waals surface area contributed by atoms with E-state index in [1.807, 2.05) is 31.2 Å². The van der Waals surface area contributed by atoms with Crippen LogP contribution in [0.4, 0.5) is 11.4 Å². The number of nitrogens with zero attached hydrogens (tertiary/aromatic N) is 3. The molecule has 1 fully saturated rings. The Morgan fingerprint density at radius 3 is 2.50 bits per heavy atom. The Bertz CT molecular complexity index is 984. The second kappa shape index (κ2) is 8.46. The van der Waals surface area contributed by atoms with Gasteiger partial charge in [-0.1, -0.05) is 29.8 Å². The van der Waals surface area contributed by atoms with Gasteiger partial charge in [-0.3, -0.25) is 15.5 Å². The zero-order chi connectivity index (χ0) is 20.1. The number of nitro groups is 1. The fourth-order valence-electron chi connectivity index (χ4n) is 2.68. The van der Waals surface area contributed by atoms with E-state index in [0.29, 0.717) is 13.2 Å². The van der Waals surface area contributed by atoms with Gasteiger partial charge in [0.1, 0.15) is 5.69 Å². The van der Waals surface area contributed by atoms with Crippen LogP contribution in [-0.4, -0.2) is 50.2 Å². The van der Waals surface area contributed by atoms with Gasteiger partial charge in [0, 0.05) is 19.2 Å². The molecule has 1 saturated heterocycles. The number of ether oxygens (including phenoxy) is 1. The van der Waals surface area contributed by atoms with Crippen LogP contribution in [0.1, 0.15) is 11.1 Å². The number of sulfonamides is 1. The summed E-state index contributed by atoms with van der Waals surface area (Å²) in [4.78, 5) is 10.7. The van der Waals surface area contributed by atoms with Crippen LogP contribution in [0.25, 0.3) is 0 Å². The molecule has 28 heavy (non-hydrogen) atoms. The summed E-state index contributed by atoms with van der Waals surface area (Å²) in [7, 11) is -3.82. The highest BCUT2D eigenvalue weighted by Crippen LogP contribution is 2.29. The molecule has 1 N–H and O–H groups in total. The molecule has 10 heteroatoms. The minimum atomic E-state index is -3.82. The number of nitro benzene ring substituents is 1. The summed E-state index contributed by atoms with van der Waals surface area (Å²) in [5.74, 6) is 0. The van der Waals surface area contributed by atoms with Crippen molar-refractivity contribution in [1.82, 2.24) is 4.31 Å². The minimum absolute atomic E-state index is 0.106. The third-order valence-corrected chi connectivity index (χ3v) is 6.14. The number of nitrogens with one attached hydrogen (secondary N) is 1. The van der Waals surface area contributed by atoms with Crippen LogP contribution < -0.4 is 5.43 Å². The topological polar surface area (TPSA) is 114 Å². The molecule has 1 aliphatic rings. The second-order valence-corrected chi connectivity index (χ2v) is 8.17. The number of aryl methyl sites for hydroxylation is 1. The molecule has 0 aliphatic carbocycles. The summed E-state index contributed by atoms with van der Waals surface area (Å²) >= 11 is 0. The summed E-state index contributed by atoms with van der Waals surface area (Å²) in [6.45, 7) is 3.01. The predicted octanol–water partition coefficient (Wildman–Crippen LogP) is 2.37. The van der Waals surface area contributed by atoms with E-state index < -0.39 is 14.9 Å². The van der Waals surface area contributed by atoms with E-state index in [0.717, 1.165) is 17.2 Å². The molecule has 2 aromatic rings. The first-order valence-corrected chi connectivity index (χ1v) is 10.0. The van der Waals surface area contributed by atoms with Crippen LogP contribution in [0.3, 0.4) is 0 Å². The van der Waals surface area contributed by atoms with Crippen molar-refractivity contribution in [2.45, 2.75) is 11.8 Å². The summed E-state index contributed by atoms with van der Waals surface area (Å²) in [5, 5.41) is 15.4. The standard InChI is InChI=1S/C18H20N4O5S/c1-14-2-4-15(5-3-14)13-19-20-17-7-6-16(12-18(17)22(23)24)28(25,26)21-8-10-27-11-9-21/h2-7,12-13,20H,8-11H2,1H3/b19-13+. The summed E-state index contributed by atoms with van der Waals surface area (Å²) < 4.78 is 31.8. The molecular weight excluding hydrogens is 384 g/mol. The Balaban J connectivity index is 1.83. The molecule has 0 unspecified atom stereocenters. The van der Waals surface area contributed by atoms with Crippen LogP contribution in [0.2, 0.25) is 0 Å². The molecule has 0 spiro atoms. The van der Waals surface area contributed by atoms with E-state index in [4.69, 9.17) is 4.74 Å². The number of anilines is 1. The molecule has 2 aromatic carbocycles. The normalized spacial score (nSPS) is 15.6. The Labute approximate surface area is 162 Å². The number of benzene rings is 2. The van der Waals surface area contributed by atoms with Crippen LogP contribution in [0, 0.1) is 17.0 Å². The zero-order valence-electron chi connectivity index (χ0n) is 15.2. The molecule has 9 nitrogen and oxygen atoms in total. The van der Waals surface area contributed by atoms with E-state index in [9.17, 15) is 18.5 Å². The minimum Gasteiger partial charge on any atom is -0.379 e. The third kappa shape index (κ3) is 4.53. The largest absolute Gasteiger partial charge is 0.379 e. The van der Waals surface area contributed by atoms with Crippen molar-refractivity contribution in [2.75, 3.05) is 31.7 Å². The average Bonchev–Trinajstić information content (AvgIpc) is 2.70. The fraction of sp³-hybridized carbons (Fsp3) is 0.278. The van der Waals surface area contributed by atoms with Gasteiger partial charge in [-0.2, -0.15) is 9.41 Å². The Morgan fingerprint density at radius 1 is 1.18 bits per heavy atom. The lowest BCUT2D eigenvalue weighted by Gasteiger charge is -2.26. The van der Waals surface area contributed by atoms with Crippen LogP contribution in [0.15, 0.2) is 52.5 Å². The van der Waals surface area contributed by atoms with Crippen molar-refractivity contribution < 1.29 is 18.1 Å². The highest BCUT2D eigenvalue weighted by atomic mass is 32.2. The molecular formula is C18H20N4O5S. The molecule has 0 aromatic heterocycles. The van der Waals surface area contributed by atoms with Gasteiger partial charge in [-0.25, -0.2) is 8.42 Å². The van der Waals surface area contributed by atoms with E-state index in [1.54, 1.807) is 0 Å². The van der Waals surface area contributed by atoms with Crippen LogP contribution in [-0.2, 0) is 14.8 Å². The van der Waals surface area contributed by atoms with Crippen molar-refractivity contribution in [3.05, 3.63) is 63.7 Å². The Hall–Kier alpha value is -2.82. The quantitative estimate of drug-likeness (QED) is 0.449. The maximum Gasteiger partial charge on any atom is 0.295 e. The van der Waals surface area contributed by atoms with Crippen molar-refractivity contribution in [3.63, 3.8) is 0 Å². The highest BCUT2D eigenvalue weighted by Gasteiger charge is 2.28. The lowest BCUT2D eigenvalue weighted by molar-refractivity contribution is -0.384. The second-order valence-electron chi connectivity index (χ2n) is 6.23. The molecule has 148 valence electrons. The number of hydrazone groups is 1. The van der Waals surface area contributed by atoms with Gasteiger partial charge in [0.15, 0.2) is 0 Å². The van der Waals surface area contributed by atoms with Gasteiger partial charge in [0.25, 0.3) is 5.69 Å². The van der Waals surface area contributed by atoms with Crippen molar-refractivity contribution >= 4 is 27.6 Å². The van der Waals surface area contributed by atoms with Gasteiger partial charge in [0.05, 0.1) is 29.2 Å². The number of rotatable bonds is 6. The maximum absolute atomic E-state index is 12.7. The smallest absolute Gasteiger partial charge is 0.295 e. The van der Waals surface area contributed by atoms with Gasteiger partial charge in [-0.05, 0) is 24.6 Å². The average molecular weight is 404 g/mol. The van der Waals surface area contributed by atoms with Gasteiger partial charge in [-0.15, -0.1) is 0 Å². The zero-order valence-corrected chi connectivity index (χ0v) is 16.1. The molecule has 0 saturated carbocycles. The molecule has 3 rings (SSSR count). The lowest BCUT2D eigenvalue weighted by atomic mass is 10.2. The van der Waals surface area contributed by atoms with Crippen LogP contribution >= 0.6 is 0 Å². The number of morpholine rings is 1. The summed E-state index contributed by atoms with van der Waals surface area (Å²) in [6, 6.07) is 11.3. The molecule has 1 aliphatic heterocycles. The van der Waals surface area contributed by atoms with Gasteiger partial charge < -0.3 is 4.74 Å². The Morgan fingerprint density at radius 2 is 1.86 bits per heavy atom. The molecule has 1 heterocycles. The molecule has 0 amide bonds. The van der Waals surface area contributed by atoms with Gasteiger partial charge >= 0.3 is 0 Å². The van der Waals surface area contributed by atoms with E-state index in [2.05, 4.69) is 10.5 Å². The van der Waals surface area contributed by atoms with E-state index >= 15 is 0 Å². The molecule has 0 atom stereocenters. The third-order valence-electron chi connectivity index (χ3n) is 4.25. The number of hydrogen-bond acceptors (Lipinski definition) is 7. The Kier molecular flexibility index (Phi) is 6.02. The highest BCUT2D eigenvalue weighted by molar-refractivity contribution is 7.89. The first kappa shape index (κ1) is 19.9. The SMILES string of the molecule is Cc1ccc(/C=N/Nc2ccc(S(=O)(=O)N3CCOCC3)cc2[N+](=O)[O-])cc1.